The van der Waals surface area contributed by atoms with Gasteiger partial charge in [0.1, 0.15) is 10.8 Å². The van der Waals surface area contributed by atoms with Gasteiger partial charge in [-0.1, -0.05) is 65.7 Å². The van der Waals surface area contributed by atoms with E-state index in [2.05, 4.69) is 52.1 Å². The molecule has 0 unspecified atom stereocenters. The molecular weight excluding hydrogens is 358 g/mol. The Morgan fingerprint density at radius 1 is 1.04 bits per heavy atom. The monoisotopic (exact) mass is 375 g/mol. The zero-order chi connectivity index (χ0) is 18.8. The van der Waals surface area contributed by atoms with Crippen molar-refractivity contribution in [3.63, 3.8) is 0 Å². The molecule has 27 heavy (non-hydrogen) atoms. The van der Waals surface area contributed by atoms with Gasteiger partial charge in [0.25, 0.3) is 5.91 Å². The van der Waals surface area contributed by atoms with Crippen LogP contribution in [0.5, 0.6) is 0 Å². The summed E-state index contributed by atoms with van der Waals surface area (Å²) in [6.45, 7) is 2.80. The van der Waals surface area contributed by atoms with Crippen LogP contribution in [0.2, 0.25) is 5.15 Å². The minimum atomic E-state index is -0.282. The second kappa shape index (κ2) is 7.25. The smallest absolute Gasteiger partial charge is 0.274 e. The summed E-state index contributed by atoms with van der Waals surface area (Å²) in [7, 11) is 0. The number of halogens is 1. The fourth-order valence-corrected chi connectivity index (χ4v) is 3.25. The number of carbonyl (C=O) groups is 1. The van der Waals surface area contributed by atoms with E-state index in [9.17, 15) is 4.79 Å². The number of benzene rings is 2. The first-order chi connectivity index (χ1) is 13.1. The second-order valence-corrected chi connectivity index (χ2v) is 6.86. The van der Waals surface area contributed by atoms with Gasteiger partial charge in [-0.3, -0.25) is 4.79 Å². The number of pyridine rings is 1. The number of fused-ring (bicyclic) bond motifs is 1. The Balaban J connectivity index is 1.67. The molecule has 0 aliphatic carbocycles. The third-order valence-corrected chi connectivity index (χ3v) is 4.67. The summed E-state index contributed by atoms with van der Waals surface area (Å²) in [6.07, 6.45) is 1.97. The summed E-state index contributed by atoms with van der Waals surface area (Å²) in [5, 5.41) is 4.24. The van der Waals surface area contributed by atoms with Gasteiger partial charge in [0, 0.05) is 18.1 Å². The van der Waals surface area contributed by atoms with Crippen LogP contribution in [0.15, 0.2) is 72.9 Å². The van der Waals surface area contributed by atoms with E-state index in [-0.39, 0.29) is 11.6 Å². The minimum Gasteiger partial charge on any atom is -0.341 e. The number of rotatable bonds is 4. The molecule has 0 fully saturated rings. The molecule has 0 radical (unpaired) electrons. The van der Waals surface area contributed by atoms with E-state index in [0.29, 0.717) is 5.15 Å². The molecule has 2 aromatic heterocycles. The van der Waals surface area contributed by atoms with E-state index in [1.807, 2.05) is 24.4 Å². The van der Waals surface area contributed by atoms with E-state index < -0.39 is 0 Å². The Morgan fingerprint density at radius 2 is 1.81 bits per heavy atom. The van der Waals surface area contributed by atoms with Crippen molar-refractivity contribution in [3.05, 3.63) is 94.9 Å². The van der Waals surface area contributed by atoms with Gasteiger partial charge < -0.3 is 9.88 Å². The van der Waals surface area contributed by atoms with Gasteiger partial charge in [0.2, 0.25) is 0 Å². The summed E-state index contributed by atoms with van der Waals surface area (Å²) in [6, 6.07) is 21.5. The third-order valence-electron chi connectivity index (χ3n) is 4.46. The highest BCUT2D eigenvalue weighted by Crippen LogP contribution is 2.27. The van der Waals surface area contributed by atoms with Crippen molar-refractivity contribution in [3.8, 4) is 0 Å². The Morgan fingerprint density at radius 3 is 2.59 bits per heavy atom. The van der Waals surface area contributed by atoms with Crippen molar-refractivity contribution in [2.24, 2.45) is 0 Å². The van der Waals surface area contributed by atoms with Crippen molar-refractivity contribution in [2.75, 3.05) is 5.32 Å². The van der Waals surface area contributed by atoms with Crippen LogP contribution in [0.3, 0.4) is 0 Å². The quantitative estimate of drug-likeness (QED) is 0.492. The largest absolute Gasteiger partial charge is 0.341 e. The summed E-state index contributed by atoms with van der Waals surface area (Å²) in [5.41, 5.74) is 4.55. The molecule has 2 heterocycles. The maximum Gasteiger partial charge on any atom is 0.274 e. The van der Waals surface area contributed by atoms with Gasteiger partial charge in [-0.05, 0) is 30.7 Å². The van der Waals surface area contributed by atoms with Crippen molar-refractivity contribution in [1.29, 1.82) is 0 Å². The van der Waals surface area contributed by atoms with Crippen LogP contribution in [0.1, 0.15) is 21.6 Å². The van der Waals surface area contributed by atoms with E-state index in [1.165, 1.54) is 11.1 Å². The summed E-state index contributed by atoms with van der Waals surface area (Å²) >= 11 is 5.90. The first-order valence-corrected chi connectivity index (χ1v) is 9.05. The molecule has 4 nitrogen and oxygen atoms in total. The lowest BCUT2D eigenvalue weighted by Gasteiger charge is -2.06. The van der Waals surface area contributed by atoms with E-state index in [1.54, 1.807) is 18.2 Å². The van der Waals surface area contributed by atoms with E-state index in [0.717, 1.165) is 23.1 Å². The number of nitrogens with zero attached hydrogens (tertiary/aromatic N) is 2. The minimum absolute atomic E-state index is 0.282. The average molecular weight is 376 g/mol. The molecule has 0 saturated heterocycles. The van der Waals surface area contributed by atoms with Crippen molar-refractivity contribution in [2.45, 2.75) is 13.5 Å². The van der Waals surface area contributed by atoms with E-state index >= 15 is 0 Å². The van der Waals surface area contributed by atoms with Crippen LogP contribution in [0, 0.1) is 6.92 Å². The molecule has 0 spiro atoms. The lowest BCUT2D eigenvalue weighted by molar-refractivity contribution is 0.102. The molecular formula is C22H18ClN3O. The number of amides is 1. The number of anilines is 1. The SMILES string of the molecule is Cc1ccc(Cn2cc(NC(=O)c3cccc(Cl)n3)c3ccccc32)cc1. The Labute approximate surface area is 162 Å². The van der Waals surface area contributed by atoms with Crippen molar-refractivity contribution >= 4 is 34.1 Å². The van der Waals surface area contributed by atoms with Crippen LogP contribution in [0.4, 0.5) is 5.69 Å². The van der Waals surface area contributed by atoms with Crippen molar-refractivity contribution in [1.82, 2.24) is 9.55 Å². The number of nitrogens with one attached hydrogen (secondary N) is 1. The standard InChI is InChI=1S/C22H18ClN3O/c1-15-9-11-16(12-10-15)13-26-14-19(17-5-2-3-7-20(17)26)25-22(27)18-6-4-8-21(23)24-18/h2-12,14H,13H2,1H3,(H,25,27). The molecule has 0 atom stereocenters. The van der Waals surface area contributed by atoms with Gasteiger partial charge in [0.15, 0.2) is 0 Å². The third kappa shape index (κ3) is 3.71. The molecule has 2 aromatic carbocycles. The molecule has 5 heteroatoms. The van der Waals surface area contributed by atoms with Crippen LogP contribution < -0.4 is 5.32 Å². The number of hydrogen-bond donors (Lipinski definition) is 1. The average Bonchev–Trinajstić information content (AvgIpc) is 3.01. The predicted octanol–water partition coefficient (Wildman–Crippen LogP) is 5.30. The topological polar surface area (TPSA) is 46.9 Å². The normalized spacial score (nSPS) is 10.9. The van der Waals surface area contributed by atoms with Gasteiger partial charge in [0.05, 0.1) is 11.2 Å². The molecule has 0 saturated carbocycles. The molecule has 1 N–H and O–H groups in total. The van der Waals surface area contributed by atoms with Crippen LogP contribution in [-0.4, -0.2) is 15.5 Å². The Hall–Kier alpha value is -3.11. The van der Waals surface area contributed by atoms with Crippen LogP contribution >= 0.6 is 11.6 Å². The lowest BCUT2D eigenvalue weighted by atomic mass is 10.1. The first-order valence-electron chi connectivity index (χ1n) is 8.67. The summed E-state index contributed by atoms with van der Waals surface area (Å²) in [4.78, 5) is 16.7. The number of aryl methyl sites for hydroxylation is 1. The molecule has 4 rings (SSSR count). The van der Waals surface area contributed by atoms with Gasteiger partial charge in [-0.25, -0.2) is 4.98 Å². The second-order valence-electron chi connectivity index (χ2n) is 6.47. The van der Waals surface area contributed by atoms with Crippen LogP contribution in [0.25, 0.3) is 10.9 Å². The molecule has 0 aliphatic heterocycles. The number of aromatic nitrogens is 2. The van der Waals surface area contributed by atoms with Gasteiger partial charge >= 0.3 is 0 Å². The first kappa shape index (κ1) is 17.3. The van der Waals surface area contributed by atoms with Gasteiger partial charge in [-0.2, -0.15) is 0 Å². The fourth-order valence-electron chi connectivity index (χ4n) is 3.09. The van der Waals surface area contributed by atoms with Crippen LogP contribution in [-0.2, 0) is 6.54 Å². The highest BCUT2D eigenvalue weighted by atomic mass is 35.5. The number of carbonyl (C=O) groups excluding carboxylic acids is 1. The summed E-state index contributed by atoms with van der Waals surface area (Å²) < 4.78 is 2.14. The molecule has 134 valence electrons. The predicted molar refractivity (Wildman–Crippen MR) is 109 cm³/mol. The zero-order valence-electron chi connectivity index (χ0n) is 14.8. The Kier molecular flexibility index (Phi) is 4.65. The maximum absolute atomic E-state index is 12.6. The highest BCUT2D eigenvalue weighted by molar-refractivity contribution is 6.29. The van der Waals surface area contributed by atoms with Gasteiger partial charge in [-0.15, -0.1) is 0 Å². The highest BCUT2D eigenvalue weighted by Gasteiger charge is 2.13. The zero-order valence-corrected chi connectivity index (χ0v) is 15.6. The maximum atomic E-state index is 12.6. The number of para-hydroxylation sites is 1. The molecule has 4 aromatic rings. The molecule has 1 amide bonds. The summed E-state index contributed by atoms with van der Waals surface area (Å²) in [5.74, 6) is -0.282. The van der Waals surface area contributed by atoms with E-state index in [4.69, 9.17) is 11.6 Å². The molecule has 0 bridgehead atoms. The number of hydrogen-bond acceptors (Lipinski definition) is 2. The van der Waals surface area contributed by atoms with Crippen molar-refractivity contribution < 1.29 is 4.79 Å². The fraction of sp³-hybridized carbons (Fsp3) is 0.0909. The molecule has 0 aliphatic rings. The lowest BCUT2D eigenvalue weighted by Crippen LogP contribution is -2.13. The Bertz CT molecular complexity index is 1120.